The van der Waals surface area contributed by atoms with E-state index in [-0.39, 0.29) is 5.82 Å². The van der Waals surface area contributed by atoms with Gasteiger partial charge in [0.15, 0.2) is 0 Å². The number of rotatable bonds is 0. The van der Waals surface area contributed by atoms with Gasteiger partial charge in [0.2, 0.25) is 5.89 Å². The maximum absolute atomic E-state index is 8.12. The van der Waals surface area contributed by atoms with Crippen LogP contribution in [0.2, 0.25) is 0 Å². The Morgan fingerprint density at radius 1 is 1.75 bits per heavy atom. The van der Waals surface area contributed by atoms with Crippen LogP contribution in [0.4, 0.5) is 0 Å². The summed E-state index contributed by atoms with van der Waals surface area (Å²) in [6.45, 7) is 1.63. The van der Waals surface area contributed by atoms with Crippen molar-refractivity contribution in [3.63, 3.8) is 0 Å². The Morgan fingerprint density at radius 2 is 2.50 bits per heavy atom. The average molecular weight is 109 g/mol. The van der Waals surface area contributed by atoms with Gasteiger partial charge in [-0.2, -0.15) is 10.2 Å². The highest BCUT2D eigenvalue weighted by molar-refractivity contribution is 5.05. The molecule has 4 heteroatoms. The van der Waals surface area contributed by atoms with Crippen molar-refractivity contribution in [2.24, 2.45) is 0 Å². The van der Waals surface area contributed by atoms with Crippen LogP contribution in [-0.4, -0.2) is 10.1 Å². The molecule has 0 N–H and O–H groups in total. The summed E-state index contributed by atoms with van der Waals surface area (Å²) in [6.07, 6.45) is 0. The van der Waals surface area contributed by atoms with Crippen LogP contribution in [-0.2, 0) is 0 Å². The third-order valence-corrected chi connectivity index (χ3v) is 0.628. The number of aromatic nitrogens is 2. The van der Waals surface area contributed by atoms with E-state index in [2.05, 4.69) is 14.7 Å². The lowest BCUT2D eigenvalue weighted by Crippen LogP contribution is -1.73. The van der Waals surface area contributed by atoms with Gasteiger partial charge >= 0.3 is 0 Å². The highest BCUT2D eigenvalue weighted by Crippen LogP contribution is 1.90. The summed E-state index contributed by atoms with van der Waals surface area (Å²) in [4.78, 5) is 3.59. The molecule has 0 bridgehead atoms. The molecule has 0 aliphatic rings. The number of hydrogen-bond acceptors (Lipinski definition) is 4. The Balaban J connectivity index is 3.05. The van der Waals surface area contributed by atoms with Crippen molar-refractivity contribution in [2.45, 2.75) is 6.92 Å². The second-order valence-electron chi connectivity index (χ2n) is 1.25. The van der Waals surface area contributed by atoms with E-state index in [1.807, 2.05) is 0 Å². The Hall–Kier alpha value is -1.37. The zero-order valence-corrected chi connectivity index (χ0v) is 4.25. The molecule has 0 unspecified atom stereocenters. The number of nitrogens with zero attached hydrogens (tertiary/aromatic N) is 3. The fraction of sp³-hybridized carbons (Fsp3) is 0.250. The summed E-state index contributed by atoms with van der Waals surface area (Å²) < 4.78 is 4.47. The number of hydrogen-bond donors (Lipinski definition) is 0. The maximum Gasteiger partial charge on any atom is 0.273 e. The zero-order valence-electron chi connectivity index (χ0n) is 4.25. The van der Waals surface area contributed by atoms with Crippen LogP contribution in [0.5, 0.6) is 0 Å². The third-order valence-electron chi connectivity index (χ3n) is 0.628. The van der Waals surface area contributed by atoms with Crippen LogP contribution >= 0.6 is 0 Å². The molecule has 0 amide bonds. The quantitative estimate of drug-likeness (QED) is 0.479. The van der Waals surface area contributed by atoms with Crippen molar-refractivity contribution in [2.75, 3.05) is 0 Å². The lowest BCUT2D eigenvalue weighted by molar-refractivity contribution is 0.391. The molecular weight excluding hydrogens is 106 g/mol. The lowest BCUT2D eigenvalue weighted by atomic mass is 10.7. The summed E-state index contributed by atoms with van der Waals surface area (Å²) in [5, 5.41) is 11.4. The monoisotopic (exact) mass is 109 g/mol. The summed E-state index contributed by atoms with van der Waals surface area (Å²) in [7, 11) is 0. The van der Waals surface area contributed by atoms with Gasteiger partial charge in [0.25, 0.3) is 5.82 Å². The van der Waals surface area contributed by atoms with Gasteiger partial charge < -0.3 is 4.52 Å². The Bertz CT molecular complexity index is 221. The molecule has 0 spiro atoms. The number of nitriles is 1. The van der Waals surface area contributed by atoms with Crippen molar-refractivity contribution in [1.82, 2.24) is 10.1 Å². The van der Waals surface area contributed by atoms with Crippen molar-refractivity contribution in [3.8, 4) is 6.07 Å². The minimum Gasteiger partial charge on any atom is -0.339 e. The Kier molecular flexibility index (Phi) is 0.968. The molecule has 1 rings (SSSR count). The van der Waals surface area contributed by atoms with E-state index in [9.17, 15) is 0 Å². The Labute approximate surface area is 45.7 Å². The van der Waals surface area contributed by atoms with Gasteiger partial charge in [0.1, 0.15) is 6.07 Å². The summed E-state index contributed by atoms with van der Waals surface area (Å²) >= 11 is 0. The van der Waals surface area contributed by atoms with E-state index in [1.165, 1.54) is 0 Å². The first-order valence-electron chi connectivity index (χ1n) is 2.03. The predicted molar refractivity (Wildman–Crippen MR) is 23.7 cm³/mol. The summed E-state index contributed by atoms with van der Waals surface area (Å²) in [5.74, 6) is 0.504. The lowest BCUT2D eigenvalue weighted by Gasteiger charge is -1.63. The van der Waals surface area contributed by atoms with E-state index in [1.54, 1.807) is 13.0 Å². The van der Waals surface area contributed by atoms with Crippen molar-refractivity contribution < 1.29 is 4.52 Å². The van der Waals surface area contributed by atoms with E-state index in [4.69, 9.17) is 5.26 Å². The molecule has 1 aromatic heterocycles. The molecule has 0 aromatic carbocycles. The normalized spacial score (nSPS) is 8.50. The molecule has 0 aliphatic carbocycles. The van der Waals surface area contributed by atoms with Crippen LogP contribution < -0.4 is 0 Å². The third kappa shape index (κ3) is 0.658. The van der Waals surface area contributed by atoms with E-state index in [0.717, 1.165) is 0 Å². The fourth-order valence-electron chi connectivity index (χ4n) is 0.345. The first kappa shape index (κ1) is 4.78. The molecule has 8 heavy (non-hydrogen) atoms. The molecule has 1 aromatic rings. The SMILES string of the molecule is Cc1nc(C#N)no1. The van der Waals surface area contributed by atoms with Crippen LogP contribution in [0.15, 0.2) is 4.52 Å². The average Bonchev–Trinajstić information content (AvgIpc) is 2.14. The molecule has 1 heterocycles. The standard InChI is InChI=1S/C4H3N3O/c1-3-6-4(2-5)7-8-3/h1H3. The molecule has 0 saturated carbocycles. The van der Waals surface area contributed by atoms with Crippen molar-refractivity contribution in [1.29, 1.82) is 5.26 Å². The van der Waals surface area contributed by atoms with Gasteiger partial charge in [-0.3, -0.25) is 0 Å². The van der Waals surface area contributed by atoms with Gasteiger partial charge in [0.05, 0.1) is 0 Å². The second kappa shape index (κ2) is 1.62. The van der Waals surface area contributed by atoms with Gasteiger partial charge in [-0.15, -0.1) is 0 Å². The molecule has 0 atom stereocenters. The molecule has 0 fully saturated rings. The first-order chi connectivity index (χ1) is 3.83. The number of aryl methyl sites for hydroxylation is 1. The van der Waals surface area contributed by atoms with Crippen LogP contribution in [0.1, 0.15) is 11.7 Å². The summed E-state index contributed by atoms with van der Waals surface area (Å²) in [5.41, 5.74) is 0. The van der Waals surface area contributed by atoms with E-state index < -0.39 is 0 Å². The minimum absolute atomic E-state index is 0.0856. The first-order valence-corrected chi connectivity index (χ1v) is 2.03. The molecule has 0 saturated heterocycles. The highest BCUT2D eigenvalue weighted by atomic mass is 16.5. The van der Waals surface area contributed by atoms with Gasteiger partial charge in [-0.1, -0.05) is 0 Å². The van der Waals surface area contributed by atoms with Gasteiger partial charge in [0, 0.05) is 6.92 Å². The van der Waals surface area contributed by atoms with Crippen molar-refractivity contribution >= 4 is 0 Å². The topological polar surface area (TPSA) is 62.7 Å². The molecule has 0 radical (unpaired) electrons. The summed E-state index contributed by atoms with van der Waals surface area (Å²) in [6, 6.07) is 1.73. The molecule has 0 aliphatic heterocycles. The predicted octanol–water partition coefficient (Wildman–Crippen LogP) is 0.250. The highest BCUT2D eigenvalue weighted by Gasteiger charge is 1.95. The van der Waals surface area contributed by atoms with Gasteiger partial charge in [-0.05, 0) is 5.16 Å². The molecular formula is C4H3N3O. The molecule has 4 nitrogen and oxygen atoms in total. The minimum atomic E-state index is 0.0856. The zero-order chi connectivity index (χ0) is 5.98. The fourth-order valence-corrected chi connectivity index (χ4v) is 0.345. The largest absolute Gasteiger partial charge is 0.339 e. The van der Waals surface area contributed by atoms with Crippen LogP contribution in [0, 0.1) is 18.3 Å². The Morgan fingerprint density at radius 3 is 2.75 bits per heavy atom. The maximum atomic E-state index is 8.12. The van der Waals surface area contributed by atoms with E-state index >= 15 is 0 Å². The van der Waals surface area contributed by atoms with Gasteiger partial charge in [-0.25, -0.2) is 0 Å². The van der Waals surface area contributed by atoms with E-state index in [0.29, 0.717) is 5.89 Å². The second-order valence-corrected chi connectivity index (χ2v) is 1.25. The van der Waals surface area contributed by atoms with Crippen molar-refractivity contribution in [3.05, 3.63) is 11.7 Å². The molecule has 40 valence electrons. The van der Waals surface area contributed by atoms with Crippen LogP contribution in [0.3, 0.4) is 0 Å². The smallest absolute Gasteiger partial charge is 0.273 e. The van der Waals surface area contributed by atoms with Crippen LogP contribution in [0.25, 0.3) is 0 Å².